The summed E-state index contributed by atoms with van der Waals surface area (Å²) in [4.78, 5) is 11.5. The second kappa shape index (κ2) is 4.90. The molecule has 0 aromatic carbocycles. The van der Waals surface area contributed by atoms with Crippen LogP contribution in [0.2, 0.25) is 0 Å². The van der Waals surface area contributed by atoms with Crippen LogP contribution in [0.15, 0.2) is 12.3 Å². The summed E-state index contributed by atoms with van der Waals surface area (Å²) < 4.78 is 0. The van der Waals surface area contributed by atoms with E-state index in [9.17, 15) is 4.79 Å². The molecule has 0 fully saturated rings. The summed E-state index contributed by atoms with van der Waals surface area (Å²) in [6.45, 7) is 0.953. The van der Waals surface area contributed by atoms with Gasteiger partial charge in [-0.25, -0.2) is 0 Å². The molecular weight excluding hydrogens is 198 g/mol. The van der Waals surface area contributed by atoms with Gasteiger partial charge in [0, 0.05) is 11.9 Å². The molecule has 1 heterocycles. The first-order valence-corrected chi connectivity index (χ1v) is 4.60. The van der Waals surface area contributed by atoms with Crippen molar-refractivity contribution in [2.45, 2.75) is 18.9 Å². The molecule has 6 nitrogen and oxygen atoms in total. The highest BCUT2D eigenvalue weighted by molar-refractivity contribution is 5.78. The molecule has 4 N–H and O–H groups in total. The quantitative estimate of drug-likeness (QED) is 0.494. The van der Waals surface area contributed by atoms with E-state index in [1.165, 1.54) is 0 Å². The molecule has 0 saturated heterocycles. The van der Waals surface area contributed by atoms with Gasteiger partial charge >= 0.3 is 0 Å². The molecule has 0 saturated carbocycles. The standard InChI is InChI=1S/C9H15N3O3/c1-9(5-13,6-14)11-8(15)4-7-2-3-10-12-7/h2-3,13-14H,4-6H2,1H3,(H,10,12)(H,11,15). The third kappa shape index (κ3) is 3.34. The van der Waals surface area contributed by atoms with Crippen molar-refractivity contribution in [2.24, 2.45) is 0 Å². The number of hydrogen-bond acceptors (Lipinski definition) is 4. The van der Waals surface area contributed by atoms with Crippen LogP contribution in [-0.4, -0.2) is 45.1 Å². The number of amides is 1. The predicted octanol–water partition coefficient (Wildman–Crippen LogP) is -1.19. The third-order valence-electron chi connectivity index (χ3n) is 2.05. The average Bonchev–Trinajstić information content (AvgIpc) is 2.70. The van der Waals surface area contributed by atoms with E-state index in [0.717, 1.165) is 0 Å². The fourth-order valence-electron chi connectivity index (χ4n) is 1.07. The van der Waals surface area contributed by atoms with Crippen LogP contribution in [0.5, 0.6) is 0 Å². The van der Waals surface area contributed by atoms with Gasteiger partial charge < -0.3 is 15.5 Å². The number of nitrogens with one attached hydrogen (secondary N) is 2. The molecule has 0 bridgehead atoms. The normalized spacial score (nSPS) is 11.4. The van der Waals surface area contributed by atoms with Gasteiger partial charge in [-0.2, -0.15) is 5.10 Å². The maximum absolute atomic E-state index is 11.5. The fourth-order valence-corrected chi connectivity index (χ4v) is 1.07. The zero-order chi connectivity index (χ0) is 11.3. The van der Waals surface area contributed by atoms with Gasteiger partial charge in [-0.1, -0.05) is 0 Å². The van der Waals surface area contributed by atoms with E-state index in [-0.39, 0.29) is 25.5 Å². The van der Waals surface area contributed by atoms with Gasteiger partial charge in [0.1, 0.15) is 0 Å². The van der Waals surface area contributed by atoms with E-state index in [0.29, 0.717) is 5.69 Å². The lowest BCUT2D eigenvalue weighted by Gasteiger charge is -2.25. The van der Waals surface area contributed by atoms with Gasteiger partial charge in [0.15, 0.2) is 0 Å². The van der Waals surface area contributed by atoms with E-state index in [1.54, 1.807) is 19.2 Å². The third-order valence-corrected chi connectivity index (χ3v) is 2.05. The van der Waals surface area contributed by atoms with Crippen molar-refractivity contribution in [1.29, 1.82) is 0 Å². The van der Waals surface area contributed by atoms with Crippen LogP contribution in [-0.2, 0) is 11.2 Å². The summed E-state index contributed by atoms with van der Waals surface area (Å²) in [7, 11) is 0. The van der Waals surface area contributed by atoms with Crippen LogP contribution in [0, 0.1) is 0 Å². The smallest absolute Gasteiger partial charge is 0.226 e. The summed E-state index contributed by atoms with van der Waals surface area (Å²) >= 11 is 0. The van der Waals surface area contributed by atoms with E-state index in [1.807, 2.05) is 0 Å². The summed E-state index contributed by atoms with van der Waals surface area (Å²) in [5.41, 5.74) is -0.289. The molecule has 6 heteroatoms. The SMILES string of the molecule is CC(CO)(CO)NC(=O)Cc1ccn[nH]1. The predicted molar refractivity (Wildman–Crippen MR) is 53.0 cm³/mol. The van der Waals surface area contributed by atoms with Gasteiger partial charge in [0.05, 0.1) is 25.2 Å². The number of aliphatic hydroxyl groups excluding tert-OH is 2. The fraction of sp³-hybridized carbons (Fsp3) is 0.556. The number of H-pyrrole nitrogens is 1. The molecule has 0 aliphatic carbocycles. The molecule has 0 aliphatic heterocycles. The maximum Gasteiger partial charge on any atom is 0.226 e. The van der Waals surface area contributed by atoms with E-state index >= 15 is 0 Å². The number of carbonyl (C=O) groups is 1. The Morgan fingerprint density at radius 3 is 2.73 bits per heavy atom. The largest absolute Gasteiger partial charge is 0.394 e. The van der Waals surface area contributed by atoms with E-state index in [2.05, 4.69) is 15.5 Å². The number of aromatic amines is 1. The Balaban J connectivity index is 2.49. The first-order valence-electron chi connectivity index (χ1n) is 4.60. The molecule has 1 amide bonds. The molecule has 0 unspecified atom stereocenters. The van der Waals surface area contributed by atoms with E-state index in [4.69, 9.17) is 10.2 Å². The highest BCUT2D eigenvalue weighted by Crippen LogP contribution is 2.02. The minimum Gasteiger partial charge on any atom is -0.394 e. The van der Waals surface area contributed by atoms with Crippen molar-refractivity contribution >= 4 is 5.91 Å². The summed E-state index contributed by atoms with van der Waals surface area (Å²) in [5, 5.41) is 26.8. The lowest BCUT2D eigenvalue weighted by Crippen LogP contribution is -2.52. The summed E-state index contributed by atoms with van der Waals surface area (Å²) in [6.07, 6.45) is 1.70. The molecule has 1 aromatic rings. The van der Waals surface area contributed by atoms with Crippen molar-refractivity contribution in [3.05, 3.63) is 18.0 Å². The van der Waals surface area contributed by atoms with Gasteiger partial charge in [-0.3, -0.25) is 9.89 Å². The Labute approximate surface area is 87.3 Å². The molecule has 1 rings (SSSR count). The number of aliphatic hydroxyl groups is 2. The average molecular weight is 213 g/mol. The second-order valence-corrected chi connectivity index (χ2v) is 3.68. The highest BCUT2D eigenvalue weighted by Gasteiger charge is 2.24. The van der Waals surface area contributed by atoms with Crippen LogP contribution in [0.25, 0.3) is 0 Å². The van der Waals surface area contributed by atoms with Crippen LogP contribution >= 0.6 is 0 Å². The number of nitrogens with zero attached hydrogens (tertiary/aromatic N) is 1. The molecule has 0 aliphatic rings. The molecule has 0 radical (unpaired) electrons. The second-order valence-electron chi connectivity index (χ2n) is 3.68. The Bertz CT molecular complexity index is 306. The highest BCUT2D eigenvalue weighted by atomic mass is 16.3. The lowest BCUT2D eigenvalue weighted by molar-refractivity contribution is -0.123. The van der Waals surface area contributed by atoms with Gasteiger partial charge in [0.2, 0.25) is 5.91 Å². The van der Waals surface area contributed by atoms with Crippen molar-refractivity contribution in [1.82, 2.24) is 15.5 Å². The Morgan fingerprint density at radius 2 is 2.27 bits per heavy atom. The summed E-state index contributed by atoms with van der Waals surface area (Å²) in [6, 6.07) is 1.69. The van der Waals surface area contributed by atoms with Crippen molar-refractivity contribution in [3.8, 4) is 0 Å². The van der Waals surface area contributed by atoms with Crippen LogP contribution in [0.4, 0.5) is 0 Å². The Hall–Kier alpha value is -1.40. The van der Waals surface area contributed by atoms with Gasteiger partial charge in [0.25, 0.3) is 0 Å². The first kappa shape index (κ1) is 11.7. The molecule has 0 spiro atoms. The molecule has 1 aromatic heterocycles. The lowest BCUT2D eigenvalue weighted by atomic mass is 10.1. The maximum atomic E-state index is 11.5. The number of aromatic nitrogens is 2. The van der Waals surface area contributed by atoms with Crippen LogP contribution in [0.1, 0.15) is 12.6 Å². The Morgan fingerprint density at radius 1 is 1.60 bits per heavy atom. The molecule has 15 heavy (non-hydrogen) atoms. The molecular formula is C9H15N3O3. The zero-order valence-corrected chi connectivity index (χ0v) is 8.53. The zero-order valence-electron chi connectivity index (χ0n) is 8.53. The molecule has 84 valence electrons. The van der Waals surface area contributed by atoms with Crippen molar-refractivity contribution < 1.29 is 15.0 Å². The van der Waals surface area contributed by atoms with Gasteiger partial charge in [-0.05, 0) is 13.0 Å². The van der Waals surface area contributed by atoms with E-state index < -0.39 is 5.54 Å². The van der Waals surface area contributed by atoms with Crippen molar-refractivity contribution in [3.63, 3.8) is 0 Å². The first-order chi connectivity index (χ1) is 7.09. The minimum absolute atomic E-state index is 0.148. The Kier molecular flexibility index (Phi) is 3.81. The minimum atomic E-state index is -0.975. The van der Waals surface area contributed by atoms with Crippen LogP contribution < -0.4 is 5.32 Å². The monoisotopic (exact) mass is 213 g/mol. The number of hydrogen-bond donors (Lipinski definition) is 4. The number of rotatable bonds is 5. The van der Waals surface area contributed by atoms with Crippen LogP contribution in [0.3, 0.4) is 0 Å². The number of carbonyl (C=O) groups excluding carboxylic acids is 1. The van der Waals surface area contributed by atoms with Crippen molar-refractivity contribution in [2.75, 3.05) is 13.2 Å². The topological polar surface area (TPSA) is 98.2 Å². The molecule has 0 atom stereocenters. The van der Waals surface area contributed by atoms with Gasteiger partial charge in [-0.15, -0.1) is 0 Å². The summed E-state index contributed by atoms with van der Waals surface area (Å²) in [5.74, 6) is -0.273.